The molecule has 0 fully saturated rings. The van der Waals surface area contributed by atoms with Crippen LogP contribution in [0.2, 0.25) is 8.87 Å². The van der Waals surface area contributed by atoms with Gasteiger partial charge in [0.25, 0.3) is 0 Å². The van der Waals surface area contributed by atoms with Crippen LogP contribution in [0.25, 0.3) is 0 Å². The molecule has 0 unspecified atom stereocenters. The Hall–Kier alpha value is -2.72. The molecule has 0 saturated carbocycles. The van der Waals surface area contributed by atoms with E-state index in [0.717, 1.165) is 50.0 Å². The van der Waals surface area contributed by atoms with E-state index in [4.69, 9.17) is 19.0 Å². The molecule has 8 nitrogen and oxygen atoms in total. The topological polar surface area (TPSA) is 111 Å². The Bertz CT molecular complexity index is 697. The Labute approximate surface area is 189 Å². The third kappa shape index (κ3) is 14.0. The molecule has 2 N–H and O–H groups in total. The average molecular weight is 537 g/mol. The second-order valence-electron chi connectivity index (χ2n) is 6.47. The zero-order valence-corrected chi connectivity index (χ0v) is 20.9. The van der Waals surface area contributed by atoms with Crippen molar-refractivity contribution in [1.29, 1.82) is 0 Å². The van der Waals surface area contributed by atoms with Crippen molar-refractivity contribution in [3.05, 3.63) is 24.3 Å². The van der Waals surface area contributed by atoms with Crippen molar-refractivity contribution in [2.75, 3.05) is 13.1 Å². The molecule has 0 aromatic heterocycles. The van der Waals surface area contributed by atoms with Gasteiger partial charge in [-0.25, -0.2) is 0 Å². The monoisotopic (exact) mass is 538 g/mol. The van der Waals surface area contributed by atoms with Gasteiger partial charge in [-0.2, -0.15) is 0 Å². The molecule has 0 aliphatic rings. The molecular weight excluding hydrogens is 507 g/mol. The van der Waals surface area contributed by atoms with E-state index in [1.165, 1.54) is 0 Å². The van der Waals surface area contributed by atoms with Gasteiger partial charge in [0.2, 0.25) is 0 Å². The zero-order valence-electron chi connectivity index (χ0n) is 18.1. The summed E-state index contributed by atoms with van der Waals surface area (Å²) < 4.78 is 12.4. The van der Waals surface area contributed by atoms with Crippen LogP contribution in [-0.2, 0) is 25.3 Å². The Morgan fingerprint density at radius 3 is 1.48 bits per heavy atom. The van der Waals surface area contributed by atoms with Gasteiger partial charge in [0.15, 0.2) is 0 Å². The molecule has 0 aliphatic heterocycles. The summed E-state index contributed by atoms with van der Waals surface area (Å²) in [6, 6.07) is 0. The van der Waals surface area contributed by atoms with E-state index in [0.29, 0.717) is 8.87 Å². The van der Waals surface area contributed by atoms with E-state index >= 15 is 0 Å². The molecule has 0 spiro atoms. The fraction of sp³-hybridized carbons (Fsp3) is 0.455. The predicted octanol–water partition coefficient (Wildman–Crippen LogP) is 1.73. The van der Waals surface area contributed by atoms with Crippen LogP contribution in [0, 0.1) is 24.7 Å². The van der Waals surface area contributed by atoms with Crippen LogP contribution in [0.4, 0.5) is 0 Å². The minimum absolute atomic E-state index is 0.0350. The van der Waals surface area contributed by atoms with Crippen molar-refractivity contribution in [3.8, 4) is 24.7 Å². The molecule has 0 aromatic rings. The summed E-state index contributed by atoms with van der Waals surface area (Å²) in [5, 5.41) is 4.79. The number of carbonyl (C=O) groups excluding carboxylic acids is 4. The standard InChI is InChI=1S/2C7H7NO3.2C4H9.Sn/c2*1-2-5-8-6(9)3-4-7(10)11;2*1-3-4-2;/h2*1,3-4H,5H2,(H,8,9)(H,10,11);2*1,3-4H2,2H3;/q;;;;+2/p-2/b2*4-3-;;;. The van der Waals surface area contributed by atoms with Gasteiger partial charge in [-0.1, -0.05) is 0 Å². The SMILES string of the molecule is C#CCNC(=O)/C=C\C(=O)[O][Sn]([CH2]CCC)([CH2]CCC)[O]C(=O)/C=C\C(=O)NCC#C. The number of hydrogen-bond acceptors (Lipinski definition) is 6. The van der Waals surface area contributed by atoms with E-state index in [9.17, 15) is 19.2 Å². The van der Waals surface area contributed by atoms with Crippen molar-refractivity contribution in [2.45, 2.75) is 48.4 Å². The maximum atomic E-state index is 12.4. The Kier molecular flexibility index (Phi) is 15.5. The molecule has 0 heterocycles. The summed E-state index contributed by atoms with van der Waals surface area (Å²) in [7, 11) is 0. The van der Waals surface area contributed by atoms with Gasteiger partial charge in [0, 0.05) is 0 Å². The number of amides is 2. The summed E-state index contributed by atoms with van der Waals surface area (Å²) in [6.45, 7) is 4.03. The maximum absolute atomic E-state index is 12.4. The first-order valence-electron chi connectivity index (χ1n) is 10.1. The van der Waals surface area contributed by atoms with E-state index in [-0.39, 0.29) is 13.1 Å². The quantitative estimate of drug-likeness (QED) is 0.199. The fourth-order valence-electron chi connectivity index (χ4n) is 2.36. The Morgan fingerprint density at radius 1 is 0.774 bits per heavy atom. The Morgan fingerprint density at radius 2 is 1.16 bits per heavy atom. The molecule has 0 atom stereocenters. The molecule has 2 amide bonds. The molecule has 0 aliphatic carbocycles. The second-order valence-corrected chi connectivity index (χ2v) is 15.7. The van der Waals surface area contributed by atoms with Crippen molar-refractivity contribution >= 4 is 43.0 Å². The van der Waals surface area contributed by atoms with Gasteiger partial charge in [-0.05, 0) is 0 Å². The van der Waals surface area contributed by atoms with E-state index < -0.39 is 43.0 Å². The van der Waals surface area contributed by atoms with E-state index in [1.807, 2.05) is 13.8 Å². The number of terminal acetylenes is 2. The van der Waals surface area contributed by atoms with Gasteiger partial charge < -0.3 is 0 Å². The normalized spacial score (nSPS) is 10.8. The van der Waals surface area contributed by atoms with Crippen LogP contribution in [0.5, 0.6) is 0 Å². The molecule has 9 heteroatoms. The van der Waals surface area contributed by atoms with E-state index in [1.54, 1.807) is 0 Å². The van der Waals surface area contributed by atoms with Gasteiger partial charge in [-0.15, -0.1) is 0 Å². The minimum atomic E-state index is -4.20. The molecule has 0 saturated heterocycles. The summed E-state index contributed by atoms with van der Waals surface area (Å²) in [5.41, 5.74) is 0. The number of nitrogens with one attached hydrogen (secondary N) is 2. The number of hydrogen-bond donors (Lipinski definition) is 2. The van der Waals surface area contributed by atoms with Gasteiger partial charge in [0.05, 0.1) is 0 Å². The van der Waals surface area contributed by atoms with Crippen LogP contribution in [0.3, 0.4) is 0 Å². The number of carbonyl (C=O) groups is 4. The van der Waals surface area contributed by atoms with Crippen LogP contribution in [0.1, 0.15) is 39.5 Å². The molecular formula is C22H30N2O6Sn. The van der Waals surface area contributed by atoms with E-state index in [2.05, 4.69) is 22.5 Å². The predicted molar refractivity (Wildman–Crippen MR) is 119 cm³/mol. The molecule has 0 aromatic carbocycles. The van der Waals surface area contributed by atoms with Gasteiger partial charge in [-0.3, -0.25) is 0 Å². The van der Waals surface area contributed by atoms with Gasteiger partial charge in [0.1, 0.15) is 0 Å². The first kappa shape index (κ1) is 28.3. The summed E-state index contributed by atoms with van der Waals surface area (Å²) >= 11 is -4.20. The van der Waals surface area contributed by atoms with Crippen molar-refractivity contribution < 1.29 is 25.3 Å². The molecule has 0 radical (unpaired) electrons. The van der Waals surface area contributed by atoms with Crippen LogP contribution in [-0.4, -0.2) is 56.0 Å². The van der Waals surface area contributed by atoms with Crippen LogP contribution in [0.15, 0.2) is 24.3 Å². The van der Waals surface area contributed by atoms with Crippen molar-refractivity contribution in [3.63, 3.8) is 0 Å². The third-order valence-corrected chi connectivity index (χ3v) is 13.5. The molecule has 31 heavy (non-hydrogen) atoms. The van der Waals surface area contributed by atoms with Crippen molar-refractivity contribution in [1.82, 2.24) is 10.6 Å². The number of rotatable bonds is 14. The average Bonchev–Trinajstić information content (AvgIpc) is 2.75. The molecule has 0 bridgehead atoms. The van der Waals surface area contributed by atoms with Crippen LogP contribution >= 0.6 is 0 Å². The summed E-state index contributed by atoms with van der Waals surface area (Å²) in [6.07, 6.45) is 17.3. The Balaban J connectivity index is 5.39. The first-order valence-corrected chi connectivity index (χ1v) is 16.4. The third-order valence-electron chi connectivity index (χ3n) is 3.87. The molecule has 168 valence electrons. The van der Waals surface area contributed by atoms with Gasteiger partial charge >= 0.3 is 189 Å². The summed E-state index contributed by atoms with van der Waals surface area (Å²) in [4.78, 5) is 47.9. The molecule has 0 rings (SSSR count). The zero-order chi connectivity index (χ0) is 23.5. The van der Waals surface area contributed by atoms with Crippen LogP contribution < -0.4 is 10.6 Å². The summed E-state index contributed by atoms with van der Waals surface area (Å²) in [5.74, 6) is 1.94. The first-order chi connectivity index (χ1) is 14.8. The van der Waals surface area contributed by atoms with Crippen molar-refractivity contribution in [2.24, 2.45) is 0 Å². The number of unbranched alkanes of at least 4 members (excludes halogenated alkanes) is 2. The fourth-order valence-corrected chi connectivity index (χ4v) is 11.9. The second kappa shape index (κ2) is 17.0.